The van der Waals surface area contributed by atoms with Crippen molar-refractivity contribution in [3.63, 3.8) is 0 Å². The molecule has 2 unspecified atom stereocenters. The summed E-state index contributed by atoms with van der Waals surface area (Å²) in [5.74, 6) is 2.85. The second-order valence-corrected chi connectivity index (χ2v) is 28.4. The Balaban J connectivity index is 1.57. The quantitative estimate of drug-likeness (QED) is 0.193. The Bertz CT molecular complexity index is 1190. The van der Waals surface area contributed by atoms with Gasteiger partial charge in [0, 0.05) is 12.8 Å². The maximum Gasteiger partial charge on any atom is 0.192 e. The molecule has 5 heteroatoms. The van der Waals surface area contributed by atoms with Crippen LogP contribution >= 0.6 is 0 Å². The fraction of sp³-hybridized carbons (Fsp3) is 0.775. The summed E-state index contributed by atoms with van der Waals surface area (Å²) in [7, 11) is -3.91. The third-order valence-corrected chi connectivity index (χ3v) is 22.6. The summed E-state index contributed by atoms with van der Waals surface area (Å²) >= 11 is 0. The van der Waals surface area contributed by atoms with Crippen molar-refractivity contribution < 1.29 is 13.6 Å². The van der Waals surface area contributed by atoms with Crippen molar-refractivity contribution in [2.75, 3.05) is 0 Å². The molecule has 45 heavy (non-hydrogen) atoms. The molecule has 0 heterocycles. The van der Waals surface area contributed by atoms with Crippen molar-refractivity contribution in [2.24, 2.45) is 29.1 Å². The largest absolute Gasteiger partial charge is 0.413 e. The second-order valence-electron chi connectivity index (χ2n) is 18.9. The number of fused-ring (bicyclic) bond motifs is 1. The van der Waals surface area contributed by atoms with Crippen LogP contribution in [0.25, 0.3) is 0 Å². The Kier molecular flexibility index (Phi) is 10.7. The molecule has 0 radical (unpaired) electrons. The number of Topliss-reactive ketones (excluding diaryl/α,β-unsaturated/α-hetero) is 1. The lowest BCUT2D eigenvalue weighted by Gasteiger charge is -2.46. The fourth-order valence-corrected chi connectivity index (χ4v) is 11.4. The van der Waals surface area contributed by atoms with E-state index in [2.05, 4.69) is 107 Å². The molecule has 4 rings (SSSR count). The van der Waals surface area contributed by atoms with Crippen LogP contribution in [0.3, 0.4) is 0 Å². The van der Waals surface area contributed by atoms with E-state index in [1.165, 1.54) is 49.7 Å². The molecule has 7 atom stereocenters. The maximum atomic E-state index is 12.2. The molecular weight excluding hydrogens is 585 g/mol. The van der Waals surface area contributed by atoms with Crippen molar-refractivity contribution in [1.82, 2.24) is 0 Å². The average molecular weight is 653 g/mol. The monoisotopic (exact) mass is 652 g/mol. The highest BCUT2D eigenvalue weighted by molar-refractivity contribution is 6.74. The highest BCUT2D eigenvalue weighted by Crippen LogP contribution is 2.60. The number of hydrogen-bond donors (Lipinski definition) is 0. The molecule has 3 nitrogen and oxygen atoms in total. The molecule has 0 aliphatic heterocycles. The molecular formula is C40H68O3Si2. The van der Waals surface area contributed by atoms with Gasteiger partial charge in [0.2, 0.25) is 0 Å². The Morgan fingerprint density at radius 2 is 1.56 bits per heavy atom. The van der Waals surface area contributed by atoms with E-state index in [1.807, 2.05) is 0 Å². The van der Waals surface area contributed by atoms with Gasteiger partial charge in [-0.05, 0) is 133 Å². The van der Waals surface area contributed by atoms with Gasteiger partial charge < -0.3 is 8.85 Å². The van der Waals surface area contributed by atoms with Gasteiger partial charge in [0.05, 0.1) is 12.2 Å². The number of carbonyl (C=O) groups excluding carboxylic acids is 1. The number of rotatable bonds is 8. The second kappa shape index (κ2) is 13.1. The van der Waals surface area contributed by atoms with Gasteiger partial charge in [0.1, 0.15) is 0 Å². The van der Waals surface area contributed by atoms with Gasteiger partial charge in [-0.15, -0.1) is 0 Å². The van der Waals surface area contributed by atoms with Gasteiger partial charge in [-0.2, -0.15) is 0 Å². The zero-order valence-electron chi connectivity index (χ0n) is 31.3. The molecule has 254 valence electrons. The Hall–Kier alpha value is -1.02. The third-order valence-electron chi connectivity index (χ3n) is 13.6. The lowest BCUT2D eigenvalue weighted by molar-refractivity contribution is -0.114. The van der Waals surface area contributed by atoms with E-state index in [-0.39, 0.29) is 22.3 Å². The molecule has 0 aromatic heterocycles. The predicted molar refractivity (Wildman–Crippen MR) is 198 cm³/mol. The van der Waals surface area contributed by atoms with Crippen LogP contribution in [0.4, 0.5) is 0 Å². The topological polar surface area (TPSA) is 35.5 Å². The standard InChI is InChI=1S/C40H68O3Si2/c1-27(22-30-23-28(2)36(41)24-30)34-19-20-35-31(16-15-21-40(34,35)10)17-18-32-25-33(42-44(11,12)38(4,5)6)26-37(29(32)3)43-45(13,14)39(7,8)9/h17-18,27,30,33-35,37H,2-3,15-16,19-26H2,1,4-14H3/t27-,30?,33-,34-,35?,37+,40-/m1/s1. The average Bonchev–Trinajstić information content (AvgIpc) is 3.41. The number of ketones is 1. The summed E-state index contributed by atoms with van der Waals surface area (Å²) in [4.78, 5) is 12.2. The summed E-state index contributed by atoms with van der Waals surface area (Å²) in [5.41, 5.74) is 5.38. The van der Waals surface area contributed by atoms with Crippen molar-refractivity contribution >= 4 is 22.4 Å². The molecule has 4 saturated carbocycles. The van der Waals surface area contributed by atoms with Crippen LogP contribution in [-0.2, 0) is 13.6 Å². The number of carbonyl (C=O) groups is 1. The molecule has 0 aromatic carbocycles. The summed E-state index contributed by atoms with van der Waals surface area (Å²) in [6.45, 7) is 37.3. The zero-order chi connectivity index (χ0) is 33.8. The Morgan fingerprint density at radius 3 is 2.13 bits per heavy atom. The van der Waals surface area contributed by atoms with Gasteiger partial charge in [0.15, 0.2) is 22.4 Å². The number of allylic oxidation sites excluding steroid dienone is 4. The molecule has 4 aliphatic rings. The summed E-state index contributed by atoms with van der Waals surface area (Å²) < 4.78 is 14.2. The summed E-state index contributed by atoms with van der Waals surface area (Å²) in [6.07, 6.45) is 16.2. The molecule has 0 spiro atoms. The van der Waals surface area contributed by atoms with E-state index in [4.69, 9.17) is 8.85 Å². The molecule has 0 amide bonds. The van der Waals surface area contributed by atoms with Gasteiger partial charge in [-0.3, -0.25) is 4.79 Å². The van der Waals surface area contributed by atoms with Crippen molar-refractivity contribution in [3.8, 4) is 0 Å². The minimum Gasteiger partial charge on any atom is -0.413 e. The van der Waals surface area contributed by atoms with Crippen LogP contribution in [0, 0.1) is 29.1 Å². The molecule has 0 aromatic rings. The first kappa shape index (κ1) is 36.8. The van der Waals surface area contributed by atoms with Crippen LogP contribution in [0.1, 0.15) is 120 Å². The third kappa shape index (κ3) is 7.84. The minimum atomic E-state index is -1.98. The SMILES string of the molecule is C=C1CC(C[C@@H](C)[C@H]2CCC3C(=CC=C4C[C@@H](O[Si](C)(C)C(C)(C)C)C[C@H](O[Si](C)(C)C(C)(C)C)C4=C)CCC[C@@]32C)CC1=O. The molecule has 0 N–H and O–H groups in total. The van der Waals surface area contributed by atoms with E-state index in [0.29, 0.717) is 29.0 Å². The molecule has 0 bridgehead atoms. The van der Waals surface area contributed by atoms with Crippen LogP contribution in [-0.4, -0.2) is 34.6 Å². The highest BCUT2D eigenvalue weighted by Gasteiger charge is 2.51. The van der Waals surface area contributed by atoms with Crippen molar-refractivity contribution in [2.45, 2.75) is 168 Å². The zero-order valence-corrected chi connectivity index (χ0v) is 33.3. The highest BCUT2D eigenvalue weighted by atomic mass is 28.4. The van der Waals surface area contributed by atoms with Crippen LogP contribution in [0.5, 0.6) is 0 Å². The lowest BCUT2D eigenvalue weighted by atomic mass is 9.60. The first-order chi connectivity index (χ1) is 20.6. The Morgan fingerprint density at radius 1 is 0.933 bits per heavy atom. The minimum absolute atomic E-state index is 0.0194. The van der Waals surface area contributed by atoms with Gasteiger partial charge in [-0.25, -0.2) is 0 Å². The van der Waals surface area contributed by atoms with E-state index < -0.39 is 16.6 Å². The lowest BCUT2D eigenvalue weighted by Crippen LogP contribution is -2.49. The van der Waals surface area contributed by atoms with E-state index in [0.717, 1.165) is 37.2 Å². The summed E-state index contributed by atoms with van der Waals surface area (Å²) in [6, 6.07) is 0. The molecule has 4 aliphatic carbocycles. The normalized spacial score (nSPS) is 34.6. The maximum absolute atomic E-state index is 12.2. The molecule has 4 fully saturated rings. The predicted octanol–water partition coefficient (Wildman–Crippen LogP) is 11.7. The molecule has 0 saturated heterocycles. The Labute approximate surface area is 280 Å². The van der Waals surface area contributed by atoms with E-state index in [1.54, 1.807) is 5.57 Å². The smallest absolute Gasteiger partial charge is 0.192 e. The van der Waals surface area contributed by atoms with Crippen LogP contribution in [0.2, 0.25) is 36.3 Å². The first-order valence-corrected chi connectivity index (χ1v) is 24.0. The van der Waals surface area contributed by atoms with Crippen molar-refractivity contribution in [1.29, 1.82) is 0 Å². The van der Waals surface area contributed by atoms with E-state index >= 15 is 0 Å². The first-order valence-electron chi connectivity index (χ1n) is 18.2. The van der Waals surface area contributed by atoms with E-state index in [9.17, 15) is 4.79 Å². The summed E-state index contributed by atoms with van der Waals surface area (Å²) in [5, 5.41) is 0.323. The number of hydrogen-bond acceptors (Lipinski definition) is 3. The fourth-order valence-electron chi connectivity index (χ4n) is 8.78. The van der Waals surface area contributed by atoms with Crippen LogP contribution in [0.15, 0.2) is 47.6 Å². The van der Waals surface area contributed by atoms with Gasteiger partial charge >= 0.3 is 0 Å². The van der Waals surface area contributed by atoms with Gasteiger partial charge in [0.25, 0.3) is 0 Å². The van der Waals surface area contributed by atoms with Gasteiger partial charge in [-0.1, -0.05) is 86.3 Å². The van der Waals surface area contributed by atoms with Crippen LogP contribution < -0.4 is 0 Å². The van der Waals surface area contributed by atoms with Crippen molar-refractivity contribution in [3.05, 3.63) is 47.6 Å².